The molecule has 33 heavy (non-hydrogen) atoms. The van der Waals surface area contributed by atoms with Gasteiger partial charge in [-0.2, -0.15) is 0 Å². The molecule has 1 aliphatic heterocycles. The maximum atomic E-state index is 13.2. The van der Waals surface area contributed by atoms with Crippen LogP contribution in [0.4, 0.5) is 15.9 Å². The van der Waals surface area contributed by atoms with Gasteiger partial charge in [-0.05, 0) is 62.1 Å². The van der Waals surface area contributed by atoms with Crippen LogP contribution >= 0.6 is 0 Å². The number of aromatic nitrogens is 3. The third-order valence-electron chi connectivity index (χ3n) is 6.17. The molecule has 2 N–H and O–H groups in total. The van der Waals surface area contributed by atoms with Gasteiger partial charge in [-0.1, -0.05) is 18.2 Å². The number of hydrogen-bond acceptors (Lipinski definition) is 4. The number of aromatic amines is 1. The van der Waals surface area contributed by atoms with Crippen molar-refractivity contribution in [2.45, 2.75) is 38.6 Å². The standard InChI is InChI=1S/C26H26FN5O/c1-17-13-20(31-25-10-9-19(27)16-29-25)14-23(30-17)24-7-4-12-32(24)26(33)11-8-18-15-28-22-6-3-2-5-21(18)22/h2-3,5-6,9-10,13-16,24,28H,4,7-8,11-12H2,1H3,(H,29,30,31)/t24-/m1/s1. The van der Waals surface area contributed by atoms with E-state index < -0.39 is 0 Å². The average molecular weight is 444 g/mol. The van der Waals surface area contributed by atoms with E-state index >= 15 is 0 Å². The predicted molar refractivity (Wildman–Crippen MR) is 127 cm³/mol. The molecule has 5 rings (SSSR count). The summed E-state index contributed by atoms with van der Waals surface area (Å²) in [5, 5.41) is 4.39. The summed E-state index contributed by atoms with van der Waals surface area (Å²) in [6.07, 6.45) is 6.21. The van der Waals surface area contributed by atoms with Gasteiger partial charge in [0.25, 0.3) is 0 Å². The number of anilines is 2. The molecule has 0 aliphatic carbocycles. The van der Waals surface area contributed by atoms with Gasteiger partial charge in [0.1, 0.15) is 11.6 Å². The molecule has 0 saturated carbocycles. The molecule has 6 nitrogen and oxygen atoms in total. The summed E-state index contributed by atoms with van der Waals surface area (Å²) >= 11 is 0. The second kappa shape index (κ2) is 9.02. The van der Waals surface area contributed by atoms with Crippen LogP contribution in [-0.2, 0) is 11.2 Å². The number of amides is 1. The maximum Gasteiger partial charge on any atom is 0.223 e. The molecule has 1 aliphatic rings. The zero-order valence-electron chi connectivity index (χ0n) is 18.5. The zero-order valence-corrected chi connectivity index (χ0v) is 18.5. The molecule has 0 radical (unpaired) electrons. The molecule has 1 saturated heterocycles. The average Bonchev–Trinajstić information content (AvgIpc) is 3.46. The first-order chi connectivity index (χ1) is 16.1. The summed E-state index contributed by atoms with van der Waals surface area (Å²) in [5.41, 5.74) is 4.82. The molecule has 7 heteroatoms. The van der Waals surface area contributed by atoms with Crippen LogP contribution in [0.1, 0.15) is 42.3 Å². The monoisotopic (exact) mass is 443 g/mol. The quantitative estimate of drug-likeness (QED) is 0.416. The van der Waals surface area contributed by atoms with Gasteiger partial charge in [0, 0.05) is 41.4 Å². The lowest BCUT2D eigenvalue weighted by atomic mass is 10.1. The summed E-state index contributed by atoms with van der Waals surface area (Å²) in [5.74, 6) is 0.340. The molecular formula is C26H26FN5O. The number of hydrogen-bond donors (Lipinski definition) is 2. The molecule has 1 amide bonds. The summed E-state index contributed by atoms with van der Waals surface area (Å²) in [7, 11) is 0. The number of nitrogens with one attached hydrogen (secondary N) is 2. The SMILES string of the molecule is Cc1cc(Nc2ccc(F)cn2)cc([C@H]2CCCN2C(=O)CCc2c[nH]c3ccccc23)n1. The Morgan fingerprint density at radius 2 is 2.12 bits per heavy atom. The Kier molecular flexibility index (Phi) is 5.77. The van der Waals surface area contributed by atoms with Gasteiger partial charge in [0.05, 0.1) is 17.9 Å². The summed E-state index contributed by atoms with van der Waals surface area (Å²) in [6.45, 7) is 2.68. The highest BCUT2D eigenvalue weighted by Crippen LogP contribution is 2.33. The van der Waals surface area contributed by atoms with Gasteiger partial charge in [0.2, 0.25) is 5.91 Å². The van der Waals surface area contributed by atoms with Crippen LogP contribution in [0.15, 0.2) is 60.9 Å². The van der Waals surface area contributed by atoms with Crippen molar-refractivity contribution in [1.29, 1.82) is 0 Å². The summed E-state index contributed by atoms with van der Waals surface area (Å²) in [4.78, 5) is 27.2. The van der Waals surface area contributed by atoms with Gasteiger partial charge < -0.3 is 15.2 Å². The predicted octanol–water partition coefficient (Wildman–Crippen LogP) is 5.45. The first-order valence-electron chi connectivity index (χ1n) is 11.3. The molecule has 168 valence electrons. The van der Waals surface area contributed by atoms with Crippen molar-refractivity contribution in [2.24, 2.45) is 0 Å². The van der Waals surface area contributed by atoms with E-state index in [4.69, 9.17) is 4.98 Å². The first kappa shape index (κ1) is 21.1. The number of carbonyl (C=O) groups excluding carboxylic acids is 1. The third kappa shape index (κ3) is 4.58. The van der Waals surface area contributed by atoms with E-state index in [9.17, 15) is 9.18 Å². The number of aryl methyl sites for hydroxylation is 2. The lowest BCUT2D eigenvalue weighted by Crippen LogP contribution is -2.31. The van der Waals surface area contributed by atoms with E-state index in [1.165, 1.54) is 23.2 Å². The van der Waals surface area contributed by atoms with Gasteiger partial charge in [-0.15, -0.1) is 0 Å². The number of pyridine rings is 2. The molecule has 1 fully saturated rings. The Labute approximate surface area is 191 Å². The largest absolute Gasteiger partial charge is 0.361 e. The number of benzene rings is 1. The number of para-hydroxylation sites is 1. The Hall–Kier alpha value is -3.74. The number of carbonyl (C=O) groups is 1. The number of nitrogens with zero attached hydrogens (tertiary/aromatic N) is 3. The molecule has 3 aromatic heterocycles. The summed E-state index contributed by atoms with van der Waals surface area (Å²) in [6, 6.07) is 15.0. The van der Waals surface area contributed by atoms with Crippen LogP contribution in [0.5, 0.6) is 0 Å². The highest BCUT2D eigenvalue weighted by molar-refractivity contribution is 5.84. The van der Waals surface area contributed by atoms with Crippen LogP contribution < -0.4 is 5.32 Å². The Morgan fingerprint density at radius 3 is 2.97 bits per heavy atom. The minimum absolute atomic E-state index is 0.0397. The topological polar surface area (TPSA) is 73.9 Å². The normalized spacial score (nSPS) is 15.8. The second-order valence-electron chi connectivity index (χ2n) is 8.51. The second-order valence-corrected chi connectivity index (χ2v) is 8.51. The third-order valence-corrected chi connectivity index (χ3v) is 6.17. The van der Waals surface area contributed by atoms with Crippen LogP contribution in [-0.4, -0.2) is 32.3 Å². The highest BCUT2D eigenvalue weighted by atomic mass is 19.1. The lowest BCUT2D eigenvalue weighted by molar-refractivity contribution is -0.132. The minimum Gasteiger partial charge on any atom is -0.361 e. The molecule has 1 aromatic carbocycles. The number of halogens is 1. The lowest BCUT2D eigenvalue weighted by Gasteiger charge is -2.25. The Balaban J connectivity index is 1.30. The van der Waals surface area contributed by atoms with Crippen LogP contribution in [0.25, 0.3) is 10.9 Å². The van der Waals surface area contributed by atoms with Crippen molar-refractivity contribution in [1.82, 2.24) is 19.9 Å². The van der Waals surface area contributed by atoms with E-state index in [1.807, 2.05) is 48.4 Å². The van der Waals surface area contributed by atoms with E-state index in [1.54, 1.807) is 6.07 Å². The summed E-state index contributed by atoms with van der Waals surface area (Å²) < 4.78 is 13.2. The van der Waals surface area contributed by atoms with Crippen molar-refractivity contribution in [3.63, 3.8) is 0 Å². The molecule has 0 bridgehead atoms. The van der Waals surface area contributed by atoms with Crippen molar-refractivity contribution in [3.05, 3.63) is 83.7 Å². The molecule has 0 spiro atoms. The minimum atomic E-state index is -0.375. The Bertz CT molecular complexity index is 1280. The van der Waals surface area contributed by atoms with Crippen molar-refractivity contribution < 1.29 is 9.18 Å². The number of H-pyrrole nitrogens is 1. The molecule has 0 unspecified atom stereocenters. The van der Waals surface area contributed by atoms with Gasteiger partial charge >= 0.3 is 0 Å². The fraction of sp³-hybridized carbons (Fsp3) is 0.269. The van der Waals surface area contributed by atoms with Gasteiger partial charge in [0.15, 0.2) is 0 Å². The first-order valence-corrected chi connectivity index (χ1v) is 11.3. The van der Waals surface area contributed by atoms with E-state index in [0.29, 0.717) is 18.7 Å². The zero-order chi connectivity index (χ0) is 22.8. The molecular weight excluding hydrogens is 417 g/mol. The fourth-order valence-corrected chi connectivity index (χ4v) is 4.63. The number of rotatable bonds is 6. The molecule has 4 aromatic rings. The van der Waals surface area contributed by atoms with Crippen LogP contribution in [0.2, 0.25) is 0 Å². The van der Waals surface area contributed by atoms with Gasteiger partial charge in [-0.25, -0.2) is 9.37 Å². The molecule has 1 atom stereocenters. The molecule has 4 heterocycles. The Morgan fingerprint density at radius 1 is 1.24 bits per heavy atom. The van der Waals surface area contributed by atoms with Crippen molar-refractivity contribution >= 4 is 28.3 Å². The maximum absolute atomic E-state index is 13.2. The van der Waals surface area contributed by atoms with Gasteiger partial charge in [-0.3, -0.25) is 9.78 Å². The van der Waals surface area contributed by atoms with Crippen molar-refractivity contribution in [3.8, 4) is 0 Å². The highest BCUT2D eigenvalue weighted by Gasteiger charge is 2.31. The van der Waals surface area contributed by atoms with E-state index in [0.717, 1.165) is 42.0 Å². The number of likely N-dealkylation sites (tertiary alicyclic amines) is 1. The smallest absolute Gasteiger partial charge is 0.223 e. The fourth-order valence-electron chi connectivity index (χ4n) is 4.63. The van der Waals surface area contributed by atoms with Crippen molar-refractivity contribution in [2.75, 3.05) is 11.9 Å². The van der Waals surface area contributed by atoms with Crippen LogP contribution in [0.3, 0.4) is 0 Å². The van der Waals surface area contributed by atoms with E-state index in [-0.39, 0.29) is 17.8 Å². The van der Waals surface area contributed by atoms with Crippen LogP contribution in [0, 0.1) is 12.7 Å². The van der Waals surface area contributed by atoms with E-state index in [2.05, 4.69) is 21.4 Å². The number of fused-ring (bicyclic) bond motifs is 1.